The van der Waals surface area contributed by atoms with E-state index in [0.717, 1.165) is 15.9 Å². The molecule has 0 saturated carbocycles. The largest absolute Gasteiger partial charge is 0.341 e. The molecule has 2 aromatic rings. The summed E-state index contributed by atoms with van der Waals surface area (Å²) in [6.07, 6.45) is 3.96. The summed E-state index contributed by atoms with van der Waals surface area (Å²) in [5, 5.41) is 1.90. The minimum atomic E-state index is 0.297. The molecule has 1 atom stereocenters. The van der Waals surface area contributed by atoms with Gasteiger partial charge in [-0.2, -0.15) is 0 Å². The fourth-order valence-electron chi connectivity index (χ4n) is 1.62. The molecule has 0 spiro atoms. The van der Waals surface area contributed by atoms with Gasteiger partial charge in [0.15, 0.2) is 0 Å². The van der Waals surface area contributed by atoms with Crippen LogP contribution in [0.25, 0.3) is 10.9 Å². The number of nitrogens with zero attached hydrogens (tertiary/aromatic N) is 1. The maximum Gasteiger partial charge on any atom is 0.0500 e. The van der Waals surface area contributed by atoms with Crippen molar-refractivity contribution in [3.63, 3.8) is 0 Å². The summed E-state index contributed by atoms with van der Waals surface area (Å²) in [4.78, 5) is 0. The van der Waals surface area contributed by atoms with E-state index in [-0.39, 0.29) is 0 Å². The molecule has 0 fully saturated rings. The Morgan fingerprint density at radius 2 is 2.21 bits per heavy atom. The van der Waals surface area contributed by atoms with Gasteiger partial charge in [0.05, 0.1) is 5.52 Å². The monoisotopic (exact) mass is 205 g/mol. The van der Waals surface area contributed by atoms with Gasteiger partial charge in [-0.1, -0.05) is 23.7 Å². The number of benzene rings is 1. The molecule has 0 aliphatic rings. The second-order valence-corrected chi connectivity index (χ2v) is 3.78. The van der Waals surface area contributed by atoms with E-state index >= 15 is 0 Å². The molecule has 0 saturated heterocycles. The lowest BCUT2D eigenvalue weighted by atomic mass is 10.2. The zero-order valence-corrected chi connectivity index (χ0v) is 8.83. The van der Waals surface area contributed by atoms with E-state index in [1.54, 1.807) is 0 Å². The van der Waals surface area contributed by atoms with Gasteiger partial charge in [-0.25, -0.2) is 0 Å². The van der Waals surface area contributed by atoms with E-state index in [1.165, 1.54) is 0 Å². The lowest BCUT2D eigenvalue weighted by molar-refractivity contribution is 0.689. The van der Waals surface area contributed by atoms with Crippen LogP contribution in [-0.2, 0) is 0 Å². The Labute approximate surface area is 88.6 Å². The van der Waals surface area contributed by atoms with Gasteiger partial charge in [0.2, 0.25) is 0 Å². The predicted octanol–water partition coefficient (Wildman–Crippen LogP) is 4.04. The first-order valence-electron chi connectivity index (χ1n) is 4.61. The van der Waals surface area contributed by atoms with Crippen molar-refractivity contribution in [2.75, 3.05) is 0 Å². The van der Waals surface area contributed by atoms with Crippen molar-refractivity contribution in [2.24, 2.45) is 0 Å². The van der Waals surface area contributed by atoms with Gasteiger partial charge < -0.3 is 4.57 Å². The third kappa shape index (κ3) is 1.34. The topological polar surface area (TPSA) is 4.93 Å². The van der Waals surface area contributed by atoms with Crippen LogP contribution in [0.4, 0.5) is 0 Å². The Morgan fingerprint density at radius 1 is 1.43 bits per heavy atom. The molecule has 1 nitrogen and oxygen atoms in total. The fraction of sp³-hybridized carbons (Fsp3) is 0.167. The van der Waals surface area contributed by atoms with Crippen molar-refractivity contribution in [1.82, 2.24) is 4.57 Å². The van der Waals surface area contributed by atoms with Crippen LogP contribution in [0.15, 0.2) is 43.1 Å². The maximum absolute atomic E-state index is 6.08. The van der Waals surface area contributed by atoms with Crippen molar-refractivity contribution in [3.05, 3.63) is 48.1 Å². The Balaban J connectivity index is 2.69. The van der Waals surface area contributed by atoms with Crippen molar-refractivity contribution >= 4 is 22.5 Å². The molecule has 72 valence electrons. The van der Waals surface area contributed by atoms with Crippen molar-refractivity contribution in [2.45, 2.75) is 13.0 Å². The number of rotatable bonds is 2. The van der Waals surface area contributed by atoms with E-state index in [4.69, 9.17) is 11.6 Å². The van der Waals surface area contributed by atoms with Crippen LogP contribution in [0, 0.1) is 0 Å². The summed E-state index contributed by atoms with van der Waals surface area (Å²) >= 11 is 6.08. The highest BCUT2D eigenvalue weighted by Gasteiger charge is 2.06. The number of halogens is 1. The zero-order chi connectivity index (χ0) is 10.1. The Kier molecular flexibility index (Phi) is 2.34. The van der Waals surface area contributed by atoms with Crippen LogP contribution < -0.4 is 0 Å². The minimum Gasteiger partial charge on any atom is -0.341 e. The molecule has 1 aromatic carbocycles. The number of fused-ring (bicyclic) bond motifs is 1. The lowest BCUT2D eigenvalue weighted by Crippen LogP contribution is -1.98. The molecule has 1 aromatic heterocycles. The number of allylic oxidation sites excluding steroid dienone is 1. The fourth-order valence-corrected chi connectivity index (χ4v) is 1.85. The summed E-state index contributed by atoms with van der Waals surface area (Å²) in [6, 6.07) is 8.29. The van der Waals surface area contributed by atoms with Crippen molar-refractivity contribution in [1.29, 1.82) is 0 Å². The quantitative estimate of drug-likeness (QED) is 0.652. The first kappa shape index (κ1) is 9.35. The smallest absolute Gasteiger partial charge is 0.0500 e. The molecule has 0 aliphatic heterocycles. The van der Waals surface area contributed by atoms with Gasteiger partial charge >= 0.3 is 0 Å². The van der Waals surface area contributed by atoms with E-state index in [1.807, 2.05) is 30.5 Å². The predicted molar refractivity (Wildman–Crippen MR) is 61.9 cm³/mol. The van der Waals surface area contributed by atoms with E-state index in [9.17, 15) is 0 Å². The first-order chi connectivity index (χ1) is 6.74. The van der Waals surface area contributed by atoms with Gasteiger partial charge in [0, 0.05) is 22.6 Å². The molecule has 1 heterocycles. The lowest BCUT2D eigenvalue weighted by Gasteiger charge is -2.10. The number of hydrogen-bond acceptors (Lipinski definition) is 0. The first-order valence-corrected chi connectivity index (χ1v) is 4.99. The molecule has 1 unspecified atom stereocenters. The average Bonchev–Trinajstić information content (AvgIpc) is 2.62. The van der Waals surface area contributed by atoms with E-state index in [2.05, 4.69) is 24.1 Å². The van der Waals surface area contributed by atoms with E-state index < -0.39 is 0 Å². The molecule has 0 radical (unpaired) electrons. The molecule has 0 N–H and O–H groups in total. The van der Waals surface area contributed by atoms with Gasteiger partial charge in [-0.15, -0.1) is 6.58 Å². The summed E-state index contributed by atoms with van der Waals surface area (Å²) in [6.45, 7) is 5.90. The van der Waals surface area contributed by atoms with Gasteiger partial charge in [0.1, 0.15) is 0 Å². The highest BCUT2D eigenvalue weighted by molar-refractivity contribution is 6.35. The van der Waals surface area contributed by atoms with Crippen LogP contribution in [0.5, 0.6) is 0 Å². The summed E-state index contributed by atoms with van der Waals surface area (Å²) in [5.41, 5.74) is 1.16. The molecule has 0 aliphatic carbocycles. The molecular weight excluding hydrogens is 194 g/mol. The van der Waals surface area contributed by atoms with E-state index in [0.29, 0.717) is 6.04 Å². The maximum atomic E-state index is 6.08. The average molecular weight is 206 g/mol. The van der Waals surface area contributed by atoms with Crippen LogP contribution in [-0.4, -0.2) is 4.57 Å². The third-order valence-corrected chi connectivity index (χ3v) is 2.82. The van der Waals surface area contributed by atoms with Crippen molar-refractivity contribution < 1.29 is 0 Å². The summed E-state index contributed by atoms with van der Waals surface area (Å²) in [7, 11) is 0. The number of hydrogen-bond donors (Lipinski definition) is 0. The Morgan fingerprint density at radius 3 is 2.93 bits per heavy atom. The Bertz CT molecular complexity index is 470. The molecule has 0 amide bonds. The third-order valence-electron chi connectivity index (χ3n) is 2.49. The second-order valence-electron chi connectivity index (χ2n) is 3.37. The van der Waals surface area contributed by atoms with Crippen LogP contribution in [0.3, 0.4) is 0 Å². The summed E-state index contributed by atoms with van der Waals surface area (Å²) in [5.74, 6) is 0. The molecule has 0 bridgehead atoms. The minimum absolute atomic E-state index is 0.297. The van der Waals surface area contributed by atoms with Crippen LogP contribution in [0.1, 0.15) is 13.0 Å². The van der Waals surface area contributed by atoms with Crippen molar-refractivity contribution in [3.8, 4) is 0 Å². The van der Waals surface area contributed by atoms with Crippen LogP contribution in [0.2, 0.25) is 5.02 Å². The normalized spacial score (nSPS) is 13.0. The molecule has 14 heavy (non-hydrogen) atoms. The number of aromatic nitrogens is 1. The Hall–Kier alpha value is -1.21. The van der Waals surface area contributed by atoms with Crippen LogP contribution >= 0.6 is 11.6 Å². The second kappa shape index (κ2) is 3.50. The molecular formula is C12H12ClN. The highest BCUT2D eigenvalue weighted by atomic mass is 35.5. The molecule has 2 rings (SSSR count). The SMILES string of the molecule is C=CC(C)n1ccc2c(Cl)cccc21. The standard InChI is InChI=1S/C12H12ClN/c1-3-9(2)14-8-7-10-11(13)5-4-6-12(10)14/h3-9H,1H2,2H3. The van der Waals surface area contributed by atoms with Gasteiger partial charge in [0.25, 0.3) is 0 Å². The summed E-state index contributed by atoms with van der Waals surface area (Å²) < 4.78 is 2.16. The van der Waals surface area contributed by atoms with Gasteiger partial charge in [-0.3, -0.25) is 0 Å². The molecule has 2 heteroatoms. The zero-order valence-electron chi connectivity index (χ0n) is 8.07. The highest BCUT2D eigenvalue weighted by Crippen LogP contribution is 2.26. The van der Waals surface area contributed by atoms with Gasteiger partial charge in [-0.05, 0) is 25.1 Å².